The summed E-state index contributed by atoms with van der Waals surface area (Å²) in [4.78, 5) is 2.25. The molecule has 1 atom stereocenters. The highest BCUT2D eigenvalue weighted by Gasteiger charge is 2.13. The maximum absolute atomic E-state index is 5.27. The standard InChI is InChI=1S/C8H13NO/c1-3-8(2)9-4-6-10-7-5-9/h1,8H,4-7H2,2H3. The van der Waals surface area contributed by atoms with Crippen LogP contribution in [-0.2, 0) is 4.74 Å². The molecule has 1 fully saturated rings. The Morgan fingerprint density at radius 1 is 1.50 bits per heavy atom. The molecule has 0 radical (unpaired) electrons. The van der Waals surface area contributed by atoms with Crippen LogP contribution in [0.1, 0.15) is 6.92 Å². The van der Waals surface area contributed by atoms with Crippen LogP contribution in [0, 0.1) is 12.3 Å². The minimum absolute atomic E-state index is 0.267. The van der Waals surface area contributed by atoms with Gasteiger partial charge in [-0.05, 0) is 6.92 Å². The quantitative estimate of drug-likeness (QED) is 0.486. The van der Waals surface area contributed by atoms with Gasteiger partial charge in [0.25, 0.3) is 0 Å². The summed E-state index contributed by atoms with van der Waals surface area (Å²) in [5, 5.41) is 0. The molecular weight excluding hydrogens is 126 g/mol. The molecule has 1 rings (SSSR count). The summed E-state index contributed by atoms with van der Waals surface area (Å²) in [5.74, 6) is 2.70. The Kier molecular flexibility index (Phi) is 2.73. The predicted molar refractivity (Wildman–Crippen MR) is 40.7 cm³/mol. The molecule has 1 heterocycles. The van der Waals surface area contributed by atoms with Crippen molar-refractivity contribution in [1.29, 1.82) is 0 Å². The number of rotatable bonds is 1. The molecule has 1 aliphatic heterocycles. The van der Waals surface area contributed by atoms with E-state index in [4.69, 9.17) is 11.2 Å². The Hall–Kier alpha value is -0.520. The van der Waals surface area contributed by atoms with E-state index in [9.17, 15) is 0 Å². The fourth-order valence-corrected chi connectivity index (χ4v) is 1.07. The van der Waals surface area contributed by atoms with Gasteiger partial charge in [-0.25, -0.2) is 0 Å². The number of morpholine rings is 1. The highest BCUT2D eigenvalue weighted by Crippen LogP contribution is 2.01. The van der Waals surface area contributed by atoms with E-state index in [0.717, 1.165) is 26.3 Å². The summed E-state index contributed by atoms with van der Waals surface area (Å²) in [7, 11) is 0. The van der Waals surface area contributed by atoms with Gasteiger partial charge in [0.15, 0.2) is 0 Å². The van der Waals surface area contributed by atoms with E-state index >= 15 is 0 Å². The zero-order valence-electron chi connectivity index (χ0n) is 6.34. The fourth-order valence-electron chi connectivity index (χ4n) is 1.07. The van der Waals surface area contributed by atoms with E-state index in [-0.39, 0.29) is 6.04 Å². The van der Waals surface area contributed by atoms with Crippen LogP contribution in [0.25, 0.3) is 0 Å². The number of ether oxygens (including phenoxy) is 1. The lowest BCUT2D eigenvalue weighted by atomic mass is 10.3. The summed E-state index contributed by atoms with van der Waals surface area (Å²) in [6.07, 6.45) is 5.27. The van der Waals surface area contributed by atoms with Crippen molar-refractivity contribution in [3.05, 3.63) is 0 Å². The lowest BCUT2D eigenvalue weighted by molar-refractivity contribution is 0.0302. The van der Waals surface area contributed by atoms with Crippen LogP contribution in [0.5, 0.6) is 0 Å². The average molecular weight is 139 g/mol. The first-order valence-corrected chi connectivity index (χ1v) is 3.62. The van der Waals surface area contributed by atoms with Gasteiger partial charge in [-0.2, -0.15) is 0 Å². The second-order valence-corrected chi connectivity index (χ2v) is 2.49. The fraction of sp³-hybridized carbons (Fsp3) is 0.750. The van der Waals surface area contributed by atoms with Crippen molar-refractivity contribution in [2.75, 3.05) is 26.3 Å². The second kappa shape index (κ2) is 3.60. The van der Waals surface area contributed by atoms with Crippen molar-refractivity contribution in [1.82, 2.24) is 4.90 Å². The van der Waals surface area contributed by atoms with E-state index in [1.165, 1.54) is 0 Å². The van der Waals surface area contributed by atoms with Crippen LogP contribution >= 0.6 is 0 Å². The van der Waals surface area contributed by atoms with Crippen molar-refractivity contribution < 1.29 is 4.74 Å². The van der Waals surface area contributed by atoms with Crippen molar-refractivity contribution >= 4 is 0 Å². The third-order valence-corrected chi connectivity index (χ3v) is 1.83. The van der Waals surface area contributed by atoms with E-state index in [1.807, 2.05) is 6.92 Å². The van der Waals surface area contributed by atoms with Gasteiger partial charge in [0.1, 0.15) is 0 Å². The van der Waals surface area contributed by atoms with Gasteiger partial charge < -0.3 is 4.74 Å². The van der Waals surface area contributed by atoms with E-state index in [0.29, 0.717) is 0 Å². The van der Waals surface area contributed by atoms with E-state index < -0.39 is 0 Å². The van der Waals surface area contributed by atoms with Crippen molar-refractivity contribution in [3.63, 3.8) is 0 Å². The molecule has 0 aromatic rings. The minimum atomic E-state index is 0.267. The summed E-state index contributed by atoms with van der Waals surface area (Å²) in [6.45, 7) is 5.65. The Labute approximate surface area is 62.2 Å². The topological polar surface area (TPSA) is 12.5 Å². The van der Waals surface area contributed by atoms with Gasteiger partial charge in [-0.1, -0.05) is 5.92 Å². The molecule has 1 aliphatic rings. The summed E-state index contributed by atoms with van der Waals surface area (Å²) >= 11 is 0. The molecule has 1 saturated heterocycles. The molecule has 2 nitrogen and oxygen atoms in total. The van der Waals surface area contributed by atoms with Crippen LogP contribution < -0.4 is 0 Å². The molecule has 1 unspecified atom stereocenters. The highest BCUT2D eigenvalue weighted by atomic mass is 16.5. The second-order valence-electron chi connectivity index (χ2n) is 2.49. The van der Waals surface area contributed by atoms with Crippen molar-refractivity contribution in [2.24, 2.45) is 0 Å². The van der Waals surface area contributed by atoms with Gasteiger partial charge in [0.05, 0.1) is 19.3 Å². The number of hydrogen-bond acceptors (Lipinski definition) is 2. The molecule has 0 aromatic carbocycles. The van der Waals surface area contributed by atoms with Gasteiger partial charge >= 0.3 is 0 Å². The highest BCUT2D eigenvalue weighted by molar-refractivity contribution is 4.97. The molecule has 0 saturated carbocycles. The summed E-state index contributed by atoms with van der Waals surface area (Å²) in [5.41, 5.74) is 0. The van der Waals surface area contributed by atoms with Gasteiger partial charge in [-0.3, -0.25) is 4.90 Å². The van der Waals surface area contributed by atoms with Gasteiger partial charge in [0, 0.05) is 13.1 Å². The van der Waals surface area contributed by atoms with Crippen LogP contribution in [-0.4, -0.2) is 37.2 Å². The monoisotopic (exact) mass is 139 g/mol. The SMILES string of the molecule is C#CC(C)N1CCOCC1. The zero-order valence-corrected chi connectivity index (χ0v) is 6.34. The average Bonchev–Trinajstić information content (AvgIpc) is 2.05. The maximum Gasteiger partial charge on any atom is 0.0684 e. The molecule has 2 heteroatoms. The van der Waals surface area contributed by atoms with Crippen LogP contribution in [0.4, 0.5) is 0 Å². The van der Waals surface area contributed by atoms with E-state index in [1.54, 1.807) is 0 Å². The number of hydrogen-bond donors (Lipinski definition) is 0. The summed E-state index contributed by atoms with van der Waals surface area (Å²) in [6, 6.07) is 0.267. The molecule has 0 aromatic heterocycles. The van der Waals surface area contributed by atoms with Gasteiger partial charge in [0.2, 0.25) is 0 Å². The largest absolute Gasteiger partial charge is 0.379 e. The first kappa shape index (κ1) is 7.59. The Balaban J connectivity index is 2.33. The maximum atomic E-state index is 5.27. The molecule has 56 valence electrons. The summed E-state index contributed by atoms with van der Waals surface area (Å²) < 4.78 is 5.18. The number of terminal acetylenes is 1. The number of nitrogens with zero attached hydrogens (tertiary/aromatic N) is 1. The molecule has 0 aliphatic carbocycles. The molecular formula is C8H13NO. The van der Waals surface area contributed by atoms with Crippen LogP contribution in [0.2, 0.25) is 0 Å². The molecule has 10 heavy (non-hydrogen) atoms. The Morgan fingerprint density at radius 2 is 2.10 bits per heavy atom. The first-order valence-electron chi connectivity index (χ1n) is 3.62. The van der Waals surface area contributed by atoms with Gasteiger partial charge in [-0.15, -0.1) is 6.42 Å². The third kappa shape index (κ3) is 1.73. The predicted octanol–water partition coefficient (Wildman–Crippen LogP) is 0.340. The van der Waals surface area contributed by atoms with E-state index in [2.05, 4.69) is 10.8 Å². The molecule has 0 bridgehead atoms. The van der Waals surface area contributed by atoms with Crippen molar-refractivity contribution in [2.45, 2.75) is 13.0 Å². The molecule has 0 N–H and O–H groups in total. The molecule has 0 spiro atoms. The van der Waals surface area contributed by atoms with Crippen LogP contribution in [0.15, 0.2) is 0 Å². The lowest BCUT2D eigenvalue weighted by Crippen LogP contribution is -2.41. The normalized spacial score (nSPS) is 23.6. The first-order chi connectivity index (χ1) is 4.84. The van der Waals surface area contributed by atoms with Crippen molar-refractivity contribution in [3.8, 4) is 12.3 Å². The van der Waals surface area contributed by atoms with Crippen LogP contribution in [0.3, 0.4) is 0 Å². The minimum Gasteiger partial charge on any atom is -0.379 e. The smallest absolute Gasteiger partial charge is 0.0684 e. The lowest BCUT2D eigenvalue weighted by Gasteiger charge is -2.29. The molecule has 0 amide bonds. The Morgan fingerprint density at radius 3 is 2.60 bits per heavy atom. The Bertz CT molecular complexity index is 133. The zero-order chi connectivity index (χ0) is 7.40. The third-order valence-electron chi connectivity index (χ3n) is 1.83.